The summed E-state index contributed by atoms with van der Waals surface area (Å²) >= 11 is 0. The van der Waals surface area contributed by atoms with E-state index < -0.39 is 26.7 Å². The topological polar surface area (TPSA) is 89.7 Å². The van der Waals surface area contributed by atoms with Crippen LogP contribution >= 0.6 is 0 Å². The summed E-state index contributed by atoms with van der Waals surface area (Å²) in [4.78, 5) is 15.1. The van der Waals surface area contributed by atoms with E-state index in [0.717, 1.165) is 29.6 Å². The molecule has 27 heavy (non-hydrogen) atoms. The fourth-order valence-corrected chi connectivity index (χ4v) is 3.88. The number of hydrogen-bond donors (Lipinski definition) is 0. The summed E-state index contributed by atoms with van der Waals surface area (Å²) in [6, 6.07) is 10.9. The van der Waals surface area contributed by atoms with Crippen LogP contribution in [0.25, 0.3) is 0 Å². The average molecular weight is 390 g/mol. The van der Waals surface area contributed by atoms with E-state index in [-0.39, 0.29) is 17.9 Å². The molecule has 0 aliphatic carbocycles. The second-order valence-electron chi connectivity index (χ2n) is 5.42. The first kappa shape index (κ1) is 18.6. The van der Waals surface area contributed by atoms with E-state index in [1.807, 2.05) is 0 Å². The molecule has 0 amide bonds. The number of anilines is 1. The quantitative estimate of drug-likeness (QED) is 0.601. The third kappa shape index (κ3) is 3.82. The predicted molar refractivity (Wildman–Crippen MR) is 94.1 cm³/mol. The number of pyridine rings is 1. The van der Waals surface area contributed by atoms with Crippen LogP contribution in [0.3, 0.4) is 0 Å². The van der Waals surface area contributed by atoms with Crippen molar-refractivity contribution in [1.82, 2.24) is 4.98 Å². The minimum atomic E-state index is -4.40. The smallest absolute Gasteiger partial charge is 0.337 e. The van der Waals surface area contributed by atoms with E-state index >= 15 is 0 Å². The maximum Gasteiger partial charge on any atom is 0.337 e. The van der Waals surface area contributed by atoms with Gasteiger partial charge in [-0.2, -0.15) is 0 Å². The number of rotatable bonds is 6. The van der Waals surface area contributed by atoms with Crippen molar-refractivity contribution in [2.45, 2.75) is 11.4 Å². The Morgan fingerprint density at radius 2 is 2.04 bits per heavy atom. The largest absolute Gasteiger partial charge is 0.467 e. The highest BCUT2D eigenvalue weighted by Crippen LogP contribution is 2.27. The Bertz CT molecular complexity index is 1040. The Morgan fingerprint density at radius 1 is 1.22 bits per heavy atom. The van der Waals surface area contributed by atoms with Crippen LogP contribution in [0, 0.1) is 5.82 Å². The van der Waals surface area contributed by atoms with Crippen molar-refractivity contribution < 1.29 is 26.8 Å². The number of esters is 1. The fourth-order valence-electron chi connectivity index (χ4n) is 2.40. The van der Waals surface area contributed by atoms with Gasteiger partial charge < -0.3 is 9.15 Å². The summed E-state index contributed by atoms with van der Waals surface area (Å²) in [7, 11) is -3.25. The van der Waals surface area contributed by atoms with Crippen molar-refractivity contribution in [2.24, 2.45) is 0 Å². The van der Waals surface area contributed by atoms with Crippen LogP contribution in [-0.2, 0) is 21.3 Å². The molecule has 2 heterocycles. The van der Waals surface area contributed by atoms with Crippen LogP contribution < -0.4 is 4.31 Å². The lowest BCUT2D eigenvalue weighted by Gasteiger charge is -2.23. The summed E-state index contributed by atoms with van der Waals surface area (Å²) in [5, 5.41) is 0. The van der Waals surface area contributed by atoms with Gasteiger partial charge in [-0.05, 0) is 42.5 Å². The van der Waals surface area contributed by atoms with E-state index in [9.17, 15) is 17.6 Å². The molecule has 9 heteroatoms. The van der Waals surface area contributed by atoms with Crippen molar-refractivity contribution in [2.75, 3.05) is 11.4 Å². The monoisotopic (exact) mass is 390 g/mol. The highest BCUT2D eigenvalue weighted by atomic mass is 32.2. The highest BCUT2D eigenvalue weighted by Gasteiger charge is 2.30. The fraction of sp³-hybridized carbons (Fsp3) is 0.111. The Balaban J connectivity index is 2.12. The summed E-state index contributed by atoms with van der Waals surface area (Å²) < 4.78 is 51.5. The lowest BCUT2D eigenvalue weighted by Crippen LogP contribution is -2.32. The molecule has 7 nitrogen and oxygen atoms in total. The van der Waals surface area contributed by atoms with Gasteiger partial charge in [0.25, 0.3) is 10.0 Å². The van der Waals surface area contributed by atoms with E-state index in [1.54, 1.807) is 24.3 Å². The Hall–Kier alpha value is -3.20. The number of carbonyl (C=O) groups excluding carboxylic acids is 1. The first-order chi connectivity index (χ1) is 12.9. The molecular weight excluding hydrogens is 375 g/mol. The number of methoxy groups -OCH3 is 1. The van der Waals surface area contributed by atoms with E-state index in [2.05, 4.69) is 9.72 Å². The average Bonchev–Trinajstić information content (AvgIpc) is 3.19. The normalized spacial score (nSPS) is 11.2. The molecule has 0 aliphatic rings. The Kier molecular flexibility index (Phi) is 5.22. The molecule has 0 bridgehead atoms. The van der Waals surface area contributed by atoms with Crippen LogP contribution in [0.1, 0.15) is 16.1 Å². The number of ether oxygens (including phenoxy) is 1. The molecule has 0 N–H and O–H groups in total. The van der Waals surface area contributed by atoms with Gasteiger partial charge >= 0.3 is 5.97 Å². The molecule has 0 aliphatic heterocycles. The second-order valence-corrected chi connectivity index (χ2v) is 7.25. The molecule has 140 valence electrons. The highest BCUT2D eigenvalue weighted by molar-refractivity contribution is 7.92. The van der Waals surface area contributed by atoms with E-state index in [4.69, 9.17) is 4.42 Å². The maximum atomic E-state index is 14.4. The second kappa shape index (κ2) is 7.58. The molecule has 0 spiro atoms. The molecule has 0 fully saturated rings. The van der Waals surface area contributed by atoms with Crippen molar-refractivity contribution >= 4 is 21.8 Å². The molecule has 3 aromatic rings. The SMILES string of the molecule is COC(=O)c1ccc(F)c(S(=O)(=O)N(Cc2ccco2)c2ccccn2)c1. The van der Waals surface area contributed by atoms with Crippen LogP contribution in [-0.4, -0.2) is 26.5 Å². The third-order valence-electron chi connectivity index (χ3n) is 3.70. The van der Waals surface area contributed by atoms with Gasteiger partial charge in [0.15, 0.2) is 0 Å². The maximum absolute atomic E-state index is 14.4. The number of halogens is 1. The minimum Gasteiger partial charge on any atom is -0.467 e. The molecule has 0 atom stereocenters. The van der Waals surface area contributed by atoms with Gasteiger partial charge in [0.2, 0.25) is 0 Å². The molecule has 3 rings (SSSR count). The molecule has 0 unspecified atom stereocenters. The van der Waals surface area contributed by atoms with Crippen LogP contribution in [0.4, 0.5) is 10.2 Å². The Morgan fingerprint density at radius 3 is 2.67 bits per heavy atom. The number of aromatic nitrogens is 1. The first-order valence-electron chi connectivity index (χ1n) is 7.77. The number of hydrogen-bond acceptors (Lipinski definition) is 6. The van der Waals surface area contributed by atoms with Crippen molar-refractivity contribution in [3.8, 4) is 0 Å². The Labute approximate surface area is 155 Å². The zero-order valence-electron chi connectivity index (χ0n) is 14.2. The number of carbonyl (C=O) groups is 1. The van der Waals surface area contributed by atoms with Crippen molar-refractivity contribution in [1.29, 1.82) is 0 Å². The van der Waals surface area contributed by atoms with Crippen LogP contribution in [0.15, 0.2) is 70.3 Å². The molecule has 0 saturated carbocycles. The van der Waals surface area contributed by atoms with Gasteiger partial charge in [0, 0.05) is 6.20 Å². The molecule has 2 aromatic heterocycles. The van der Waals surface area contributed by atoms with E-state index in [0.29, 0.717) is 5.76 Å². The van der Waals surface area contributed by atoms with Gasteiger partial charge in [-0.1, -0.05) is 6.07 Å². The number of furan rings is 1. The summed E-state index contributed by atoms with van der Waals surface area (Å²) in [6.45, 7) is -0.200. The summed E-state index contributed by atoms with van der Waals surface area (Å²) in [5.74, 6) is -1.35. The minimum absolute atomic E-state index is 0.0803. The molecule has 0 radical (unpaired) electrons. The summed E-state index contributed by atoms with van der Waals surface area (Å²) in [5.41, 5.74) is -0.0866. The van der Waals surface area contributed by atoms with Crippen molar-refractivity contribution in [3.05, 3.63) is 78.1 Å². The molecule has 0 saturated heterocycles. The van der Waals surface area contributed by atoms with Gasteiger partial charge in [-0.25, -0.2) is 26.9 Å². The summed E-state index contributed by atoms with van der Waals surface area (Å²) in [6.07, 6.45) is 2.82. The number of sulfonamides is 1. The number of benzene rings is 1. The first-order valence-corrected chi connectivity index (χ1v) is 9.21. The van der Waals surface area contributed by atoms with Gasteiger partial charge in [-0.3, -0.25) is 0 Å². The van der Waals surface area contributed by atoms with Gasteiger partial charge in [0.1, 0.15) is 22.3 Å². The third-order valence-corrected chi connectivity index (χ3v) is 5.47. The van der Waals surface area contributed by atoms with Crippen LogP contribution in [0.2, 0.25) is 0 Å². The van der Waals surface area contributed by atoms with Gasteiger partial charge in [-0.15, -0.1) is 0 Å². The van der Waals surface area contributed by atoms with Crippen molar-refractivity contribution in [3.63, 3.8) is 0 Å². The standard InChI is InChI=1S/C18H15FN2O5S/c1-25-18(22)13-7-8-15(19)16(11-13)27(23,24)21(12-14-5-4-10-26-14)17-6-2-3-9-20-17/h2-11H,12H2,1H3. The molecule has 1 aromatic carbocycles. The van der Waals surface area contributed by atoms with E-state index in [1.165, 1.54) is 18.5 Å². The van der Waals surface area contributed by atoms with Crippen LogP contribution in [0.5, 0.6) is 0 Å². The molecular formula is C18H15FN2O5S. The zero-order chi connectivity index (χ0) is 19.4. The lowest BCUT2D eigenvalue weighted by molar-refractivity contribution is 0.0600. The zero-order valence-corrected chi connectivity index (χ0v) is 15.0. The number of nitrogens with zero attached hydrogens (tertiary/aromatic N) is 2. The lowest BCUT2D eigenvalue weighted by atomic mass is 10.2. The predicted octanol–water partition coefficient (Wildman–Crippen LogP) is 3.00. The van der Waals surface area contributed by atoms with Gasteiger partial charge in [0.05, 0.1) is 25.5 Å².